The maximum absolute atomic E-state index is 12.4. The Morgan fingerprint density at radius 1 is 1.15 bits per heavy atom. The molecule has 0 fully saturated rings. The van der Waals surface area contributed by atoms with Crippen molar-refractivity contribution < 1.29 is 18.0 Å². The van der Waals surface area contributed by atoms with Crippen LogP contribution >= 0.6 is 17.0 Å². The average Bonchev–Trinajstić information content (AvgIpc) is 1.99. The first-order valence-electron chi connectivity index (χ1n) is 3.18. The van der Waals surface area contributed by atoms with Gasteiger partial charge in [-0.15, -0.1) is 17.0 Å². The van der Waals surface area contributed by atoms with Crippen molar-refractivity contribution in [2.75, 3.05) is 0 Å². The molecule has 13 heavy (non-hydrogen) atoms. The van der Waals surface area contributed by atoms with E-state index in [4.69, 9.17) is 0 Å². The molecule has 0 spiro atoms. The third kappa shape index (κ3) is 2.55. The van der Waals surface area contributed by atoms with Gasteiger partial charge in [-0.2, -0.15) is 0 Å². The van der Waals surface area contributed by atoms with Crippen molar-refractivity contribution in [3.05, 3.63) is 35.1 Å². The number of benzene rings is 1. The van der Waals surface area contributed by atoms with E-state index < -0.39 is 23.2 Å². The molecule has 0 aliphatic rings. The molecule has 0 heterocycles. The third-order valence-electron chi connectivity index (χ3n) is 1.39. The fourth-order valence-electron chi connectivity index (χ4n) is 0.759. The molecule has 0 aromatic heterocycles. The van der Waals surface area contributed by atoms with Crippen LogP contribution in [-0.2, 0) is 0 Å². The van der Waals surface area contributed by atoms with Gasteiger partial charge in [0.25, 0.3) is 0 Å². The first kappa shape index (κ1) is 12.2. The lowest BCUT2D eigenvalue weighted by atomic mass is 10.1. The highest BCUT2D eigenvalue weighted by molar-refractivity contribution is 8.93. The van der Waals surface area contributed by atoms with Crippen molar-refractivity contribution in [3.63, 3.8) is 0 Å². The zero-order valence-corrected chi connectivity index (χ0v) is 8.32. The molecule has 0 amide bonds. The molecule has 0 aliphatic heterocycles. The molecule has 0 radical (unpaired) electrons. The summed E-state index contributed by atoms with van der Waals surface area (Å²) in [6.45, 7) is 1.14. The summed E-state index contributed by atoms with van der Waals surface area (Å²) in [6.07, 6.45) is 0. The molecule has 1 aromatic rings. The van der Waals surface area contributed by atoms with E-state index in [2.05, 4.69) is 0 Å². The zero-order valence-electron chi connectivity index (χ0n) is 6.61. The van der Waals surface area contributed by atoms with E-state index in [1.165, 1.54) is 0 Å². The molecule has 1 nitrogen and oxygen atoms in total. The number of hydrogen-bond donors (Lipinski definition) is 0. The van der Waals surface area contributed by atoms with Crippen LogP contribution in [0.5, 0.6) is 0 Å². The van der Waals surface area contributed by atoms with Gasteiger partial charge in [0.2, 0.25) is 0 Å². The molecule has 0 atom stereocenters. The summed E-state index contributed by atoms with van der Waals surface area (Å²) in [7, 11) is 0. The highest BCUT2D eigenvalue weighted by Gasteiger charge is 2.11. The van der Waals surface area contributed by atoms with Gasteiger partial charge < -0.3 is 0 Å². The summed E-state index contributed by atoms with van der Waals surface area (Å²) in [4.78, 5) is 10.6. The van der Waals surface area contributed by atoms with E-state index in [0.29, 0.717) is 12.1 Å². The van der Waals surface area contributed by atoms with E-state index in [0.717, 1.165) is 6.92 Å². The van der Waals surface area contributed by atoms with Gasteiger partial charge in [0, 0.05) is 5.56 Å². The van der Waals surface area contributed by atoms with Gasteiger partial charge in [-0.05, 0) is 19.1 Å². The van der Waals surface area contributed by atoms with Gasteiger partial charge in [0.15, 0.2) is 23.2 Å². The van der Waals surface area contributed by atoms with Crippen LogP contribution in [0.2, 0.25) is 0 Å². The molecule has 72 valence electrons. The van der Waals surface area contributed by atoms with Crippen molar-refractivity contribution >= 4 is 22.8 Å². The summed E-state index contributed by atoms with van der Waals surface area (Å²) in [5.41, 5.74) is -0.175. The van der Waals surface area contributed by atoms with Gasteiger partial charge in [0.1, 0.15) is 0 Å². The number of rotatable bonds is 1. The molecule has 0 N–H and O–H groups in total. The Hall–Kier alpha value is -0.840. The van der Waals surface area contributed by atoms with Crippen LogP contribution in [0.3, 0.4) is 0 Å². The lowest BCUT2D eigenvalue weighted by Gasteiger charge is -1.97. The second-order valence-corrected chi connectivity index (χ2v) is 2.31. The molecule has 0 aliphatic carbocycles. The summed E-state index contributed by atoms with van der Waals surface area (Å²) in [5.74, 6) is -4.76. The Labute approximate surface area is 83.3 Å². The molecule has 0 saturated heterocycles. The fraction of sp³-hybridized carbons (Fsp3) is 0.125. The molecule has 0 bridgehead atoms. The predicted molar refractivity (Wildman–Crippen MR) is 46.6 cm³/mol. The van der Waals surface area contributed by atoms with Crippen molar-refractivity contribution in [1.29, 1.82) is 0 Å². The van der Waals surface area contributed by atoms with Crippen molar-refractivity contribution in [2.24, 2.45) is 0 Å². The molecule has 5 heteroatoms. The van der Waals surface area contributed by atoms with Crippen molar-refractivity contribution in [2.45, 2.75) is 6.92 Å². The Bertz CT molecular complexity index is 315. The average molecular weight is 255 g/mol. The Balaban J connectivity index is 0.00000144. The molecule has 1 rings (SSSR count). The summed E-state index contributed by atoms with van der Waals surface area (Å²) >= 11 is 0. The number of Topliss-reactive ketones (excluding diaryl/α,β-unsaturated/α-hetero) is 1. The highest BCUT2D eigenvalue weighted by Crippen LogP contribution is 2.13. The van der Waals surface area contributed by atoms with Crippen LogP contribution < -0.4 is 0 Å². The van der Waals surface area contributed by atoms with Gasteiger partial charge in [-0.3, -0.25) is 4.79 Å². The Morgan fingerprint density at radius 3 is 1.85 bits per heavy atom. The van der Waals surface area contributed by atoms with E-state index in [-0.39, 0.29) is 22.5 Å². The summed E-state index contributed by atoms with van der Waals surface area (Å²) in [5, 5.41) is 0. The van der Waals surface area contributed by atoms with Crippen LogP contribution in [0.4, 0.5) is 13.2 Å². The van der Waals surface area contributed by atoms with Gasteiger partial charge >= 0.3 is 0 Å². The lowest BCUT2D eigenvalue weighted by Crippen LogP contribution is -1.98. The zero-order chi connectivity index (χ0) is 9.30. The normalized spacial score (nSPS) is 9.23. The van der Waals surface area contributed by atoms with E-state index in [1.54, 1.807) is 0 Å². The van der Waals surface area contributed by atoms with Crippen LogP contribution in [0.15, 0.2) is 12.1 Å². The van der Waals surface area contributed by atoms with Gasteiger partial charge in [-0.1, -0.05) is 0 Å². The minimum atomic E-state index is -1.56. The first-order valence-corrected chi connectivity index (χ1v) is 3.18. The molecular weight excluding hydrogens is 249 g/mol. The van der Waals surface area contributed by atoms with E-state index in [1.807, 2.05) is 0 Å². The van der Waals surface area contributed by atoms with E-state index >= 15 is 0 Å². The first-order chi connectivity index (χ1) is 5.52. The number of carbonyl (C=O) groups excluding carboxylic acids is 1. The highest BCUT2D eigenvalue weighted by atomic mass is 79.9. The monoisotopic (exact) mass is 254 g/mol. The summed E-state index contributed by atoms with van der Waals surface area (Å²) < 4.78 is 37.2. The number of halogens is 4. The standard InChI is InChI=1S/C8H5F3O.BrH/c1-4(12)5-2-6(9)8(11)7(10)3-5;/h2-3H,1H3;1H. The maximum atomic E-state index is 12.4. The SMILES string of the molecule is Br.CC(=O)c1cc(F)c(F)c(F)c1. The number of hydrogen-bond acceptors (Lipinski definition) is 1. The van der Waals surface area contributed by atoms with E-state index in [9.17, 15) is 18.0 Å². The molecule has 0 unspecified atom stereocenters. The quantitative estimate of drug-likeness (QED) is 0.557. The van der Waals surface area contributed by atoms with Crippen molar-refractivity contribution in [3.8, 4) is 0 Å². The third-order valence-corrected chi connectivity index (χ3v) is 1.39. The lowest BCUT2D eigenvalue weighted by molar-refractivity contribution is 0.101. The minimum Gasteiger partial charge on any atom is -0.295 e. The predicted octanol–water partition coefficient (Wildman–Crippen LogP) is 2.88. The van der Waals surface area contributed by atoms with Gasteiger partial charge in [-0.25, -0.2) is 13.2 Å². The second-order valence-electron chi connectivity index (χ2n) is 2.31. The van der Waals surface area contributed by atoms with Crippen LogP contribution in [-0.4, -0.2) is 5.78 Å². The number of ketones is 1. The number of carbonyl (C=O) groups is 1. The Kier molecular flexibility index (Phi) is 4.13. The molecule has 1 aromatic carbocycles. The van der Waals surface area contributed by atoms with Crippen molar-refractivity contribution in [1.82, 2.24) is 0 Å². The molecule has 0 saturated carbocycles. The minimum absolute atomic E-state index is 0. The van der Waals surface area contributed by atoms with Crippen LogP contribution in [0.1, 0.15) is 17.3 Å². The van der Waals surface area contributed by atoms with Crippen LogP contribution in [0, 0.1) is 17.5 Å². The maximum Gasteiger partial charge on any atom is 0.194 e. The van der Waals surface area contributed by atoms with Gasteiger partial charge in [0.05, 0.1) is 0 Å². The topological polar surface area (TPSA) is 17.1 Å². The largest absolute Gasteiger partial charge is 0.295 e. The van der Waals surface area contributed by atoms with Crippen LogP contribution in [0.25, 0.3) is 0 Å². The second kappa shape index (κ2) is 4.41. The smallest absolute Gasteiger partial charge is 0.194 e. The Morgan fingerprint density at radius 2 is 1.54 bits per heavy atom. The summed E-state index contributed by atoms with van der Waals surface area (Å²) in [6, 6.07) is 1.33. The molecular formula is C8H6BrF3O. The fourth-order valence-corrected chi connectivity index (χ4v) is 0.759.